The Morgan fingerprint density at radius 1 is 0.925 bits per heavy atom. The molecule has 1 fully saturated rings. The number of rotatable bonds is 6. The number of amides is 1. The van der Waals surface area contributed by atoms with Gasteiger partial charge in [-0.1, -0.05) is 56.6 Å². The van der Waals surface area contributed by atoms with Crippen molar-refractivity contribution in [3.05, 3.63) is 64.2 Å². The fourth-order valence-corrected chi connectivity index (χ4v) is 5.85. The molecule has 1 heterocycles. The maximum Gasteiger partial charge on any atom is 0.429 e. The second kappa shape index (κ2) is 11.2. The second-order valence-corrected chi connectivity index (χ2v) is 16.7. The van der Waals surface area contributed by atoms with E-state index in [1.165, 1.54) is 31.3 Å². The molecule has 0 unspecified atom stereocenters. The topological polar surface area (TPSA) is 58.8 Å². The summed E-state index contributed by atoms with van der Waals surface area (Å²) in [6, 6.07) is 8.90. The number of benzene rings is 2. The molecule has 0 aliphatic carbocycles. The van der Waals surface area contributed by atoms with Crippen LogP contribution in [0.4, 0.5) is 32.0 Å². The highest BCUT2D eigenvalue weighted by atomic mass is 35.5. The third kappa shape index (κ3) is 6.45. The highest BCUT2D eigenvalue weighted by molar-refractivity contribution is 6.74. The molecule has 0 aromatic heterocycles. The third-order valence-electron chi connectivity index (χ3n) is 7.69. The van der Waals surface area contributed by atoms with Crippen molar-refractivity contribution in [3.8, 4) is 0 Å². The zero-order chi connectivity index (χ0) is 30.3. The molecule has 2 aromatic carbocycles. The van der Waals surface area contributed by atoms with Crippen molar-refractivity contribution in [2.75, 3.05) is 31.9 Å². The number of nitrogens with two attached hydrogens (primary N) is 1. The molecule has 2 aromatic rings. The van der Waals surface area contributed by atoms with Gasteiger partial charge in [0.1, 0.15) is 0 Å². The zero-order valence-corrected chi connectivity index (χ0v) is 24.8. The molecule has 1 saturated heterocycles. The van der Waals surface area contributed by atoms with E-state index in [9.17, 15) is 31.1 Å². The summed E-state index contributed by atoms with van der Waals surface area (Å²) in [5.41, 5.74) is 1.56. The number of anilines is 1. The van der Waals surface area contributed by atoms with Crippen molar-refractivity contribution < 1.29 is 35.6 Å². The van der Waals surface area contributed by atoms with Crippen molar-refractivity contribution in [1.29, 1.82) is 0 Å². The first-order chi connectivity index (χ1) is 18.2. The minimum atomic E-state index is -5.74. The lowest BCUT2D eigenvalue weighted by atomic mass is 9.91. The second-order valence-electron chi connectivity index (χ2n) is 11.5. The number of halogens is 7. The van der Waals surface area contributed by atoms with Crippen LogP contribution in [0.2, 0.25) is 23.2 Å². The van der Waals surface area contributed by atoms with E-state index in [2.05, 4.69) is 0 Å². The van der Waals surface area contributed by atoms with Crippen molar-refractivity contribution in [3.63, 3.8) is 0 Å². The molecule has 5 nitrogen and oxygen atoms in total. The van der Waals surface area contributed by atoms with Gasteiger partial charge in [-0.2, -0.15) is 26.3 Å². The zero-order valence-electron chi connectivity index (χ0n) is 23.0. The number of nitrogens with zero attached hydrogens (tertiary/aromatic N) is 2. The number of nitrogen functional groups attached to an aromatic ring is 1. The van der Waals surface area contributed by atoms with Gasteiger partial charge >= 0.3 is 12.4 Å². The molecule has 0 spiro atoms. The maximum atomic E-state index is 14.3. The van der Waals surface area contributed by atoms with Crippen LogP contribution < -0.4 is 5.73 Å². The third-order valence-corrected chi connectivity index (χ3v) is 12.4. The van der Waals surface area contributed by atoms with Gasteiger partial charge in [0.2, 0.25) is 0 Å². The number of carbonyl (C=O) groups excluding carboxylic acids is 1. The van der Waals surface area contributed by atoms with E-state index in [1.807, 2.05) is 4.90 Å². The molecule has 2 N–H and O–H groups in total. The largest absolute Gasteiger partial charge is 0.429 e. The first-order valence-electron chi connectivity index (χ1n) is 12.7. The van der Waals surface area contributed by atoms with Gasteiger partial charge in [-0.05, 0) is 41.9 Å². The SMILES string of the molecule is CC(C)(C)[Si](C)(C)OC(c1ccc(CN2CCN(C(=O)c3ccc(N)c(Cl)c3)CC2)cc1)(C(F)(F)F)C(F)(F)F. The molecule has 1 amide bonds. The van der Waals surface area contributed by atoms with E-state index in [4.69, 9.17) is 21.8 Å². The van der Waals surface area contributed by atoms with Gasteiger partial charge in [-0.15, -0.1) is 0 Å². The minimum absolute atomic E-state index is 0.205. The normalized spacial score (nSPS) is 16.4. The molecular formula is C27H34ClF6N3O2Si. The maximum absolute atomic E-state index is 14.3. The first kappa shape index (κ1) is 32.2. The van der Waals surface area contributed by atoms with Gasteiger partial charge in [0.25, 0.3) is 11.5 Å². The fourth-order valence-electron chi connectivity index (χ4n) is 4.25. The summed E-state index contributed by atoms with van der Waals surface area (Å²) in [5.74, 6) is -0.205. The van der Waals surface area contributed by atoms with Crippen LogP contribution in [-0.2, 0) is 16.6 Å². The van der Waals surface area contributed by atoms with Crippen molar-refractivity contribution in [2.24, 2.45) is 0 Å². The smallest absolute Gasteiger partial charge is 0.398 e. The van der Waals surface area contributed by atoms with E-state index in [0.717, 1.165) is 12.1 Å². The molecule has 0 radical (unpaired) electrons. The average Bonchev–Trinajstić information content (AvgIpc) is 2.82. The quantitative estimate of drug-likeness (QED) is 0.213. The number of alkyl halides is 6. The Kier molecular flexibility index (Phi) is 9.01. The van der Waals surface area contributed by atoms with Crippen molar-refractivity contribution in [1.82, 2.24) is 9.80 Å². The Labute approximate surface area is 236 Å². The monoisotopic (exact) mass is 609 g/mol. The summed E-state index contributed by atoms with van der Waals surface area (Å²) >= 11 is 6.02. The molecule has 40 heavy (non-hydrogen) atoms. The summed E-state index contributed by atoms with van der Waals surface area (Å²) < 4.78 is 91.2. The van der Waals surface area contributed by atoms with Crippen LogP contribution in [0.5, 0.6) is 0 Å². The summed E-state index contributed by atoms with van der Waals surface area (Å²) in [5, 5.41) is -0.610. The summed E-state index contributed by atoms with van der Waals surface area (Å²) in [6.45, 7) is 9.49. The molecule has 0 atom stereocenters. The van der Waals surface area contributed by atoms with Crippen LogP contribution in [-0.4, -0.2) is 62.6 Å². The molecule has 222 valence electrons. The van der Waals surface area contributed by atoms with E-state index in [-0.39, 0.29) is 10.9 Å². The standard InChI is InChI=1S/C27H34ClF6N3O2Si/c1-24(2,3)40(4,5)39-25(26(29,30)31,27(32,33)34)20-9-6-18(7-10-20)17-36-12-14-37(15-13-36)23(38)19-8-11-22(35)21(28)16-19/h6-11,16H,12-15,17,35H2,1-5H3. The predicted octanol–water partition coefficient (Wildman–Crippen LogP) is 7.22. The summed E-state index contributed by atoms with van der Waals surface area (Å²) in [4.78, 5) is 16.4. The number of carbonyl (C=O) groups is 1. The lowest BCUT2D eigenvalue weighted by molar-refractivity contribution is -0.369. The van der Waals surface area contributed by atoms with E-state index < -0.39 is 36.9 Å². The lowest BCUT2D eigenvalue weighted by Gasteiger charge is -2.46. The highest BCUT2D eigenvalue weighted by Crippen LogP contribution is 2.56. The van der Waals surface area contributed by atoms with Gasteiger partial charge in [-0.25, -0.2) is 0 Å². The summed E-state index contributed by atoms with van der Waals surface area (Å²) in [7, 11) is -3.53. The van der Waals surface area contributed by atoms with Crippen LogP contribution in [0.25, 0.3) is 0 Å². The fraction of sp³-hybridized carbons (Fsp3) is 0.519. The van der Waals surface area contributed by atoms with Crippen LogP contribution in [0, 0.1) is 0 Å². The van der Waals surface area contributed by atoms with Crippen molar-refractivity contribution >= 4 is 31.5 Å². The van der Waals surface area contributed by atoms with Crippen LogP contribution in [0.1, 0.15) is 42.3 Å². The lowest BCUT2D eigenvalue weighted by Crippen LogP contribution is -2.62. The molecule has 1 aliphatic rings. The van der Waals surface area contributed by atoms with Crippen molar-refractivity contribution in [2.45, 2.75) is 63.4 Å². The van der Waals surface area contributed by atoms with Crippen LogP contribution in [0.3, 0.4) is 0 Å². The van der Waals surface area contributed by atoms with E-state index in [0.29, 0.717) is 49.5 Å². The Morgan fingerprint density at radius 2 is 1.45 bits per heavy atom. The number of piperazine rings is 1. The number of hydrogen-bond acceptors (Lipinski definition) is 4. The van der Waals surface area contributed by atoms with Gasteiger partial charge in [-0.3, -0.25) is 9.69 Å². The molecular weight excluding hydrogens is 576 g/mol. The Balaban J connectivity index is 1.77. The molecule has 13 heteroatoms. The van der Waals surface area contributed by atoms with Crippen LogP contribution >= 0.6 is 11.6 Å². The molecule has 0 bridgehead atoms. The number of hydrogen-bond donors (Lipinski definition) is 1. The van der Waals surface area contributed by atoms with Gasteiger partial charge in [0.05, 0.1) is 10.7 Å². The summed E-state index contributed by atoms with van der Waals surface area (Å²) in [6.07, 6.45) is -11.5. The Hall–Kier alpha value is -2.28. The van der Waals surface area contributed by atoms with E-state index >= 15 is 0 Å². The predicted molar refractivity (Wildman–Crippen MR) is 146 cm³/mol. The molecule has 0 saturated carbocycles. The molecule has 3 rings (SSSR count). The van der Waals surface area contributed by atoms with Gasteiger partial charge in [0, 0.05) is 43.9 Å². The first-order valence-corrected chi connectivity index (χ1v) is 16.0. The average molecular weight is 610 g/mol. The Bertz CT molecular complexity index is 1190. The van der Waals surface area contributed by atoms with Crippen LogP contribution in [0.15, 0.2) is 42.5 Å². The highest BCUT2D eigenvalue weighted by Gasteiger charge is 2.74. The van der Waals surface area contributed by atoms with Gasteiger partial charge < -0.3 is 15.1 Å². The van der Waals surface area contributed by atoms with E-state index in [1.54, 1.807) is 37.8 Å². The van der Waals surface area contributed by atoms with Gasteiger partial charge in [0.15, 0.2) is 8.32 Å². The minimum Gasteiger partial charge on any atom is -0.398 e. The molecule has 1 aliphatic heterocycles. The Morgan fingerprint density at radius 3 is 1.90 bits per heavy atom.